The maximum atomic E-state index is 13.2. The fourth-order valence-corrected chi connectivity index (χ4v) is 18.1. The zero-order chi connectivity index (χ0) is 62.0. The van der Waals surface area contributed by atoms with Crippen LogP contribution >= 0.6 is 68.0 Å². The van der Waals surface area contributed by atoms with E-state index in [0.29, 0.717) is 51.9 Å². The number of carbonyl (C=O) groups is 1. The SMILES string of the molecule is CC(C)(C)NC1CCN(c2nc3sc(-c4ncc(-c5cn[nH]c5)cn4)nc3s2)C1.CC(C)(C)NC1CCN(c2nc3sc(C4N=CC(c5cn[nH]c5)=CC4=O)nc3s2)C1.CN(c1nc2sc(-n3ccc(-n4cc(F)cn4)cc3=O)nc2s1)C1C[C@H]2CC[C@@H](C1)N2. The molecule has 11 aromatic rings. The molecule has 16 heterocycles. The van der Waals surface area contributed by atoms with Gasteiger partial charge < -0.3 is 30.7 Å². The average Bonchev–Trinajstić information content (AvgIpc) is 1.77. The highest BCUT2D eigenvalue weighted by molar-refractivity contribution is 7.30. The van der Waals surface area contributed by atoms with E-state index in [4.69, 9.17) is 24.9 Å². The second-order valence-electron chi connectivity index (χ2n) is 25.1. The number of nitrogens with zero attached hydrogens (tertiary/aromatic N) is 17. The van der Waals surface area contributed by atoms with E-state index >= 15 is 0 Å². The van der Waals surface area contributed by atoms with Crippen molar-refractivity contribution in [2.75, 3.05) is 47.9 Å². The molecule has 0 aliphatic carbocycles. The number of nitrogens with one attached hydrogen (secondary N) is 5. The number of hydrogen-bond donors (Lipinski definition) is 5. The molecule has 0 aromatic carbocycles. The van der Waals surface area contributed by atoms with Crippen molar-refractivity contribution in [2.45, 2.75) is 127 Å². The molecule has 16 rings (SSSR count). The molecular weight excluding hydrogens is 1260 g/mol. The van der Waals surface area contributed by atoms with E-state index in [2.05, 4.69) is 125 Å². The first kappa shape index (κ1) is 60.1. The molecule has 5 aliphatic heterocycles. The highest BCUT2D eigenvalue weighted by Gasteiger charge is 2.37. The van der Waals surface area contributed by atoms with Crippen LogP contribution in [-0.4, -0.2) is 161 Å². The van der Waals surface area contributed by atoms with E-state index < -0.39 is 11.9 Å². The van der Waals surface area contributed by atoms with Gasteiger partial charge in [0.15, 0.2) is 78.0 Å². The van der Waals surface area contributed by atoms with Gasteiger partial charge in [0, 0.05) is 140 Å². The van der Waals surface area contributed by atoms with Crippen LogP contribution < -0.4 is 36.2 Å². The highest BCUT2D eigenvalue weighted by atomic mass is 32.1. The van der Waals surface area contributed by atoms with Gasteiger partial charge in [-0.25, -0.2) is 48.9 Å². The second kappa shape index (κ2) is 24.6. The molecule has 0 amide bonds. The lowest BCUT2D eigenvalue weighted by atomic mass is 9.99. The molecule has 5 N–H and O–H groups in total. The molecule has 4 saturated heterocycles. The number of allylic oxidation sites excluding steroid dienone is 1. The number of aliphatic imine (C=N–C) groups is 1. The van der Waals surface area contributed by atoms with E-state index in [1.807, 2.05) is 6.20 Å². The Labute approximate surface area is 539 Å². The van der Waals surface area contributed by atoms with Crippen molar-refractivity contribution in [3.63, 3.8) is 0 Å². The van der Waals surface area contributed by atoms with Crippen LogP contribution in [0, 0.1) is 5.82 Å². The van der Waals surface area contributed by atoms with Gasteiger partial charge in [-0.15, -0.1) is 0 Å². The van der Waals surface area contributed by atoms with Crippen LogP contribution in [0.25, 0.3) is 67.3 Å². The maximum Gasteiger partial charge on any atom is 0.259 e. The fraction of sp³-hybridized carbons (Fsp3) is 0.424. The molecule has 0 radical (unpaired) electrons. The van der Waals surface area contributed by atoms with Gasteiger partial charge in [0.2, 0.25) is 0 Å². The van der Waals surface area contributed by atoms with Crippen molar-refractivity contribution in [1.29, 1.82) is 0 Å². The first-order valence-electron chi connectivity index (χ1n) is 29.7. The minimum absolute atomic E-state index is 0.0639. The molecule has 90 heavy (non-hydrogen) atoms. The van der Waals surface area contributed by atoms with Gasteiger partial charge in [-0.05, 0) is 92.2 Å². The summed E-state index contributed by atoms with van der Waals surface area (Å²) in [6.45, 7) is 17.2. The zero-order valence-corrected chi connectivity index (χ0v) is 55.2. The minimum atomic E-state index is -0.581. The van der Waals surface area contributed by atoms with E-state index in [1.54, 1.807) is 101 Å². The summed E-state index contributed by atoms with van der Waals surface area (Å²) in [6.07, 6.45) is 25.0. The molecule has 2 bridgehead atoms. The largest absolute Gasteiger partial charge is 0.348 e. The number of halogens is 1. The van der Waals surface area contributed by atoms with E-state index in [-0.39, 0.29) is 22.4 Å². The molecule has 6 atom stereocenters. The predicted molar refractivity (Wildman–Crippen MR) is 358 cm³/mol. The first-order chi connectivity index (χ1) is 43.3. The van der Waals surface area contributed by atoms with Gasteiger partial charge >= 0.3 is 0 Å². The summed E-state index contributed by atoms with van der Waals surface area (Å²) in [6, 6.07) is 5.28. The van der Waals surface area contributed by atoms with E-state index in [0.717, 1.165) is 130 Å². The number of pyridine rings is 1. The number of piperidine rings is 1. The van der Waals surface area contributed by atoms with Crippen LogP contribution in [0.5, 0.6) is 0 Å². The molecule has 11 aromatic heterocycles. The Balaban J connectivity index is 0.000000118. The summed E-state index contributed by atoms with van der Waals surface area (Å²) in [5.74, 6) is 0.115. The molecule has 5 aliphatic rings. The minimum Gasteiger partial charge on any atom is -0.348 e. The van der Waals surface area contributed by atoms with E-state index in [9.17, 15) is 14.0 Å². The lowest BCUT2D eigenvalue weighted by Crippen LogP contribution is -2.47. The quantitative estimate of drug-likeness (QED) is 0.0761. The average molecular weight is 1330 g/mol. The predicted octanol–water partition coefficient (Wildman–Crippen LogP) is 9.74. The smallest absolute Gasteiger partial charge is 0.259 e. The fourth-order valence-electron chi connectivity index (χ4n) is 11.9. The standard InChI is InChI=1S/C20H20FN7OS2.C20H23N7OS2.C19H22N8S2/c1-26(15-6-12-2-3-13(7-15)23-12)19-24-17-18(30-19)25-20(31-17)27-5-4-14(8-16(27)29)28-10-11(21)9-22-28;1-20(2,3)26-13-4-5-27(10-13)19-25-18-17(30-19)24-16(29-18)15-14(28)6-11(7-21-15)12-8-22-23-9-12;1-19(2,3)26-13-4-5-27(10-13)18-25-17-16(29-18)24-15(28-17)14-20-6-11(7-21-14)12-8-22-23-9-12/h4-5,8-10,12-13,15,23H,2-3,6-7H2,1H3;6-9,13,15,26H,4-5,10H2,1-3H3,(H,22,23);6-9,13,26H,4-5,10H2,1-3H3,(H,22,23)/t12-,13+,15?;;. The third kappa shape index (κ3) is 13.2. The summed E-state index contributed by atoms with van der Waals surface area (Å²) in [7, 11) is 2.13. The zero-order valence-electron chi connectivity index (χ0n) is 50.3. The Morgan fingerprint density at radius 1 is 0.667 bits per heavy atom. The van der Waals surface area contributed by atoms with Crippen molar-refractivity contribution < 1.29 is 9.18 Å². The number of dihydropyridines is 1. The molecule has 31 heteroatoms. The first-order valence-corrected chi connectivity index (χ1v) is 34.6. The summed E-state index contributed by atoms with van der Waals surface area (Å²) in [5.41, 5.74) is 3.99. The Morgan fingerprint density at radius 2 is 1.27 bits per heavy atom. The third-order valence-corrected chi connectivity index (χ3v) is 22.3. The van der Waals surface area contributed by atoms with Crippen LogP contribution in [0.2, 0.25) is 0 Å². The number of hydrogen-bond acceptors (Lipinski definition) is 26. The highest BCUT2D eigenvalue weighted by Crippen LogP contribution is 2.41. The van der Waals surface area contributed by atoms with Crippen molar-refractivity contribution in [2.24, 2.45) is 4.99 Å². The normalized spacial score (nSPS) is 21.0. The molecule has 466 valence electrons. The number of fused-ring (bicyclic) bond motifs is 5. The lowest BCUT2D eigenvalue weighted by molar-refractivity contribution is -0.115. The van der Waals surface area contributed by atoms with Gasteiger partial charge in [-0.2, -0.15) is 15.3 Å². The molecule has 24 nitrogen and oxygen atoms in total. The van der Waals surface area contributed by atoms with Crippen molar-refractivity contribution in [3.8, 4) is 32.8 Å². The van der Waals surface area contributed by atoms with Crippen molar-refractivity contribution in [1.82, 2.24) is 90.6 Å². The molecule has 0 spiro atoms. The Morgan fingerprint density at radius 3 is 1.84 bits per heavy atom. The summed E-state index contributed by atoms with van der Waals surface area (Å²) < 4.78 is 16.0. The number of H-pyrrole nitrogens is 2. The third-order valence-electron chi connectivity index (χ3n) is 16.0. The number of thiazole rings is 6. The van der Waals surface area contributed by atoms with E-state index in [1.165, 1.54) is 57.0 Å². The van der Waals surface area contributed by atoms with Crippen LogP contribution in [-0.2, 0) is 4.79 Å². The molecule has 4 fully saturated rings. The van der Waals surface area contributed by atoms with Crippen molar-refractivity contribution >= 4 is 130 Å². The van der Waals surface area contributed by atoms with Gasteiger partial charge in [-0.1, -0.05) is 68.0 Å². The Kier molecular flexibility index (Phi) is 16.4. The van der Waals surface area contributed by atoms with Crippen molar-refractivity contribution in [3.05, 3.63) is 101 Å². The molecular formula is C59H65FN22O2S6. The summed E-state index contributed by atoms with van der Waals surface area (Å²) in [4.78, 5) is 79.5. The number of ketones is 1. The number of anilines is 3. The van der Waals surface area contributed by atoms with Crippen LogP contribution in [0.1, 0.15) is 96.7 Å². The van der Waals surface area contributed by atoms with Gasteiger partial charge in [-0.3, -0.25) is 29.3 Å². The number of rotatable bonds is 12. The Bertz CT molecular complexity index is 4360. The molecule has 4 unspecified atom stereocenters. The van der Waals surface area contributed by atoms with Crippen LogP contribution in [0.15, 0.2) is 83.8 Å². The van der Waals surface area contributed by atoms with Crippen LogP contribution in [0.4, 0.5) is 19.8 Å². The summed E-state index contributed by atoms with van der Waals surface area (Å²) >= 11 is 9.22. The molecule has 0 saturated carbocycles. The van der Waals surface area contributed by atoms with Gasteiger partial charge in [0.05, 0.1) is 30.5 Å². The number of carbonyl (C=O) groups excluding carboxylic acids is 1. The maximum absolute atomic E-state index is 13.2. The second-order valence-corrected chi connectivity index (χ2v) is 30.9. The lowest BCUT2D eigenvalue weighted by Gasteiger charge is -2.35. The van der Waals surface area contributed by atoms with Gasteiger partial charge in [0.1, 0.15) is 5.01 Å². The number of aromatic amines is 2. The Hall–Kier alpha value is -7.49. The summed E-state index contributed by atoms with van der Waals surface area (Å²) in [5, 5.41) is 33.5. The van der Waals surface area contributed by atoms with Gasteiger partial charge in [0.25, 0.3) is 5.56 Å². The topological polar surface area (TPSA) is 276 Å². The van der Waals surface area contributed by atoms with Crippen LogP contribution in [0.3, 0.4) is 0 Å². The number of aromatic nitrogens is 15. The monoisotopic (exact) mass is 1320 g/mol.